The van der Waals surface area contributed by atoms with Gasteiger partial charge in [-0.3, -0.25) is 4.90 Å². The monoisotopic (exact) mass is 280 g/mol. The molecular formula is C13H20N4OS. The molecule has 2 aromatic rings. The highest BCUT2D eigenvalue weighted by molar-refractivity contribution is 7.16. The number of aliphatic hydroxyl groups excluding tert-OH is 1. The Morgan fingerprint density at radius 3 is 2.95 bits per heavy atom. The first-order chi connectivity index (χ1) is 9.10. The van der Waals surface area contributed by atoms with E-state index in [1.165, 1.54) is 0 Å². The number of nitrogens with zero attached hydrogens (tertiary/aromatic N) is 3. The van der Waals surface area contributed by atoms with Gasteiger partial charge < -0.3 is 10.4 Å². The molecule has 0 fully saturated rings. The second kappa shape index (κ2) is 6.27. The zero-order valence-electron chi connectivity index (χ0n) is 11.6. The maximum absolute atomic E-state index is 9.39. The van der Waals surface area contributed by atoms with E-state index in [0.29, 0.717) is 13.1 Å². The summed E-state index contributed by atoms with van der Waals surface area (Å²) in [5, 5.41) is 15.8. The van der Waals surface area contributed by atoms with Gasteiger partial charge in [-0.25, -0.2) is 9.97 Å². The first kappa shape index (κ1) is 14.2. The van der Waals surface area contributed by atoms with Crippen LogP contribution in [0.1, 0.15) is 19.7 Å². The van der Waals surface area contributed by atoms with Crippen molar-refractivity contribution < 1.29 is 5.11 Å². The minimum atomic E-state index is -0.344. The molecule has 0 saturated heterocycles. The Labute approximate surface area is 117 Å². The minimum absolute atomic E-state index is 0.344. The lowest BCUT2D eigenvalue weighted by Gasteiger charge is -2.17. The van der Waals surface area contributed by atoms with Crippen LogP contribution in [-0.2, 0) is 6.54 Å². The lowest BCUT2D eigenvalue weighted by atomic mass is 10.3. The minimum Gasteiger partial charge on any atom is -0.392 e. The Kier molecular flexibility index (Phi) is 4.68. The number of thiophene rings is 1. The van der Waals surface area contributed by atoms with Crippen LogP contribution in [0, 0.1) is 0 Å². The zero-order valence-corrected chi connectivity index (χ0v) is 12.4. The predicted octanol–water partition coefficient (Wildman–Crippen LogP) is 1.94. The Morgan fingerprint density at radius 1 is 1.47 bits per heavy atom. The van der Waals surface area contributed by atoms with Gasteiger partial charge in [-0.05, 0) is 32.3 Å². The van der Waals surface area contributed by atoms with Crippen LogP contribution in [-0.4, -0.2) is 46.2 Å². The molecule has 1 unspecified atom stereocenters. The van der Waals surface area contributed by atoms with Gasteiger partial charge in [0.1, 0.15) is 16.5 Å². The number of fused-ring (bicyclic) bond motifs is 1. The third-order valence-corrected chi connectivity index (χ3v) is 3.51. The van der Waals surface area contributed by atoms with Crippen LogP contribution in [0.3, 0.4) is 0 Å². The van der Waals surface area contributed by atoms with E-state index in [-0.39, 0.29) is 6.10 Å². The predicted molar refractivity (Wildman–Crippen MR) is 79.6 cm³/mol. The zero-order chi connectivity index (χ0) is 13.8. The lowest BCUT2D eigenvalue weighted by molar-refractivity contribution is 0.137. The maximum Gasteiger partial charge on any atom is 0.146 e. The fraction of sp³-hybridized carbons (Fsp3) is 0.538. The van der Waals surface area contributed by atoms with Crippen molar-refractivity contribution in [1.82, 2.24) is 14.9 Å². The summed E-state index contributed by atoms with van der Waals surface area (Å²) in [7, 11) is 1.96. The molecule has 2 heterocycles. The molecule has 0 aliphatic carbocycles. The van der Waals surface area contributed by atoms with Crippen molar-refractivity contribution in [1.29, 1.82) is 0 Å². The van der Waals surface area contributed by atoms with Crippen molar-refractivity contribution in [2.45, 2.75) is 26.5 Å². The fourth-order valence-corrected chi connectivity index (χ4v) is 2.81. The molecule has 19 heavy (non-hydrogen) atoms. The van der Waals surface area contributed by atoms with E-state index in [1.807, 2.05) is 23.4 Å². The highest BCUT2D eigenvalue weighted by Gasteiger charge is 2.11. The van der Waals surface area contributed by atoms with Crippen molar-refractivity contribution in [3.63, 3.8) is 0 Å². The Hall–Kier alpha value is -1.24. The fourth-order valence-electron chi connectivity index (χ4n) is 2.03. The molecule has 0 spiro atoms. The molecule has 0 amide bonds. The van der Waals surface area contributed by atoms with E-state index >= 15 is 0 Å². The maximum atomic E-state index is 9.39. The summed E-state index contributed by atoms with van der Waals surface area (Å²) in [6.45, 7) is 5.92. The molecule has 5 nitrogen and oxygen atoms in total. The number of aromatic nitrogens is 2. The molecule has 0 saturated carbocycles. The van der Waals surface area contributed by atoms with Gasteiger partial charge in [-0.2, -0.15) is 0 Å². The second-order valence-electron chi connectivity index (χ2n) is 4.70. The van der Waals surface area contributed by atoms with Crippen molar-refractivity contribution in [3.05, 3.63) is 17.3 Å². The number of hydrogen-bond donors (Lipinski definition) is 2. The van der Waals surface area contributed by atoms with Crippen LogP contribution in [0.5, 0.6) is 0 Å². The average Bonchev–Trinajstić information content (AvgIpc) is 2.76. The molecule has 0 bridgehead atoms. The van der Waals surface area contributed by atoms with Gasteiger partial charge in [-0.15, -0.1) is 11.3 Å². The van der Waals surface area contributed by atoms with E-state index in [1.54, 1.807) is 18.3 Å². The molecule has 2 rings (SSSR count). The van der Waals surface area contributed by atoms with Crippen LogP contribution in [0.4, 0.5) is 5.82 Å². The largest absolute Gasteiger partial charge is 0.392 e. The molecule has 0 radical (unpaired) electrons. The summed E-state index contributed by atoms with van der Waals surface area (Å²) < 4.78 is 0. The van der Waals surface area contributed by atoms with Gasteiger partial charge in [0.05, 0.1) is 18.0 Å². The third kappa shape index (κ3) is 3.62. The van der Waals surface area contributed by atoms with E-state index in [2.05, 4.69) is 22.2 Å². The van der Waals surface area contributed by atoms with Gasteiger partial charge >= 0.3 is 0 Å². The number of hydrogen-bond acceptors (Lipinski definition) is 6. The van der Waals surface area contributed by atoms with Crippen molar-refractivity contribution >= 4 is 27.4 Å². The lowest BCUT2D eigenvalue weighted by Crippen LogP contribution is -2.27. The molecule has 0 aliphatic heterocycles. The van der Waals surface area contributed by atoms with Crippen LogP contribution in [0.25, 0.3) is 10.2 Å². The van der Waals surface area contributed by atoms with Gasteiger partial charge in [0.2, 0.25) is 0 Å². The molecule has 6 heteroatoms. The Balaban J connectivity index is 2.23. The van der Waals surface area contributed by atoms with E-state index in [4.69, 9.17) is 0 Å². The average molecular weight is 280 g/mol. The number of nitrogens with one attached hydrogen (secondary N) is 1. The van der Waals surface area contributed by atoms with Crippen LogP contribution < -0.4 is 5.32 Å². The molecule has 0 aliphatic rings. The van der Waals surface area contributed by atoms with E-state index in [0.717, 1.165) is 28.4 Å². The smallest absolute Gasteiger partial charge is 0.146 e. The summed E-state index contributed by atoms with van der Waals surface area (Å²) in [6.07, 6.45) is -0.344. The van der Waals surface area contributed by atoms with Crippen molar-refractivity contribution in [2.24, 2.45) is 0 Å². The second-order valence-corrected chi connectivity index (χ2v) is 5.60. The standard InChI is InChI=1S/C13H20N4OS/c1-4-14-12-10-5-6-19-13(10)16-11(15-12)8-17(3)7-9(2)18/h5-6,9,18H,4,7-8H2,1-3H3,(H,14,15,16). The molecule has 104 valence electrons. The van der Waals surface area contributed by atoms with Crippen LogP contribution in [0.2, 0.25) is 0 Å². The summed E-state index contributed by atoms with van der Waals surface area (Å²) in [5.41, 5.74) is 0. The van der Waals surface area contributed by atoms with Crippen LogP contribution >= 0.6 is 11.3 Å². The van der Waals surface area contributed by atoms with E-state index in [9.17, 15) is 5.11 Å². The van der Waals surface area contributed by atoms with Crippen molar-refractivity contribution in [3.8, 4) is 0 Å². The van der Waals surface area contributed by atoms with Gasteiger partial charge in [0.25, 0.3) is 0 Å². The van der Waals surface area contributed by atoms with Crippen molar-refractivity contribution in [2.75, 3.05) is 25.5 Å². The molecule has 2 N–H and O–H groups in total. The summed E-state index contributed by atoms with van der Waals surface area (Å²) >= 11 is 1.62. The first-order valence-corrected chi connectivity index (χ1v) is 7.32. The Morgan fingerprint density at radius 2 is 2.26 bits per heavy atom. The third-order valence-electron chi connectivity index (χ3n) is 2.70. The van der Waals surface area contributed by atoms with E-state index < -0.39 is 0 Å². The van der Waals surface area contributed by atoms with Gasteiger partial charge in [0, 0.05) is 13.1 Å². The van der Waals surface area contributed by atoms with Crippen LogP contribution in [0.15, 0.2) is 11.4 Å². The summed E-state index contributed by atoms with van der Waals surface area (Å²) in [4.78, 5) is 12.2. The normalized spacial score (nSPS) is 13.1. The summed E-state index contributed by atoms with van der Waals surface area (Å²) in [5.74, 6) is 1.68. The molecular weight excluding hydrogens is 260 g/mol. The number of anilines is 1. The SMILES string of the molecule is CCNc1nc(CN(C)CC(C)O)nc2sccc12. The molecule has 2 aromatic heterocycles. The van der Waals surface area contributed by atoms with Gasteiger partial charge in [0.15, 0.2) is 0 Å². The number of rotatable bonds is 6. The number of aliphatic hydroxyl groups is 1. The highest BCUT2D eigenvalue weighted by atomic mass is 32.1. The molecule has 1 atom stereocenters. The van der Waals surface area contributed by atoms with Gasteiger partial charge in [-0.1, -0.05) is 0 Å². The summed E-state index contributed by atoms with van der Waals surface area (Å²) in [6, 6.07) is 2.04. The first-order valence-electron chi connectivity index (χ1n) is 6.44. The number of likely N-dealkylation sites (N-methyl/N-ethyl adjacent to an activating group) is 1. The molecule has 0 aromatic carbocycles. The Bertz CT molecular complexity index is 540. The topological polar surface area (TPSA) is 61.3 Å². The highest BCUT2D eigenvalue weighted by Crippen LogP contribution is 2.25. The quantitative estimate of drug-likeness (QED) is 0.846.